The highest BCUT2D eigenvalue weighted by Crippen LogP contribution is 2.37. The molecule has 0 aliphatic carbocycles. The van der Waals surface area contributed by atoms with Crippen molar-refractivity contribution < 1.29 is 13.9 Å². The number of benzene rings is 3. The lowest BCUT2D eigenvalue weighted by Gasteiger charge is -2.32. The van der Waals surface area contributed by atoms with Crippen LogP contribution >= 0.6 is 0 Å². The zero-order valence-electron chi connectivity index (χ0n) is 18.7. The average molecular weight is 428 g/mol. The Labute approximate surface area is 189 Å². The van der Waals surface area contributed by atoms with E-state index in [1.54, 1.807) is 14.2 Å². The maximum atomic E-state index is 6.27. The number of methoxy groups -OCH3 is 2. The molecule has 32 heavy (non-hydrogen) atoms. The van der Waals surface area contributed by atoms with Crippen molar-refractivity contribution >= 4 is 11.0 Å². The highest BCUT2D eigenvalue weighted by atomic mass is 16.5. The Hall–Kier alpha value is -3.24. The van der Waals surface area contributed by atoms with Crippen molar-refractivity contribution in [3.05, 3.63) is 83.9 Å². The molecule has 164 valence electrons. The summed E-state index contributed by atoms with van der Waals surface area (Å²) in [6, 6.07) is 25.2. The molecule has 4 heteroatoms. The van der Waals surface area contributed by atoms with Gasteiger partial charge in [0, 0.05) is 17.5 Å². The van der Waals surface area contributed by atoms with Crippen LogP contribution in [0.5, 0.6) is 11.5 Å². The van der Waals surface area contributed by atoms with E-state index >= 15 is 0 Å². The van der Waals surface area contributed by atoms with Crippen molar-refractivity contribution in [1.82, 2.24) is 4.90 Å². The second-order valence-corrected chi connectivity index (χ2v) is 8.47. The van der Waals surface area contributed by atoms with Gasteiger partial charge in [-0.05, 0) is 79.4 Å². The Morgan fingerprint density at radius 1 is 0.875 bits per heavy atom. The van der Waals surface area contributed by atoms with Gasteiger partial charge < -0.3 is 13.9 Å². The van der Waals surface area contributed by atoms with Crippen molar-refractivity contribution in [1.29, 1.82) is 0 Å². The van der Waals surface area contributed by atoms with Gasteiger partial charge in [0.15, 0.2) is 11.3 Å². The zero-order chi connectivity index (χ0) is 21.9. The molecular formula is C28H29NO3. The molecule has 0 saturated carbocycles. The number of hydrogen-bond donors (Lipinski definition) is 0. The Morgan fingerprint density at radius 2 is 1.62 bits per heavy atom. The number of nitrogens with zero attached hydrogens (tertiary/aromatic N) is 1. The minimum Gasteiger partial charge on any atom is -0.497 e. The molecule has 2 heterocycles. The fraction of sp³-hybridized carbons (Fsp3) is 0.286. The Kier molecular flexibility index (Phi) is 5.87. The van der Waals surface area contributed by atoms with Crippen LogP contribution in [0.1, 0.15) is 29.9 Å². The lowest BCUT2D eigenvalue weighted by atomic mass is 9.89. The SMILES string of the molecule is COc1ccc(-c2cc3c(CN4CCC(c5ccccc5)CC4)ccc(OC)c3o2)cc1. The van der Waals surface area contributed by atoms with Gasteiger partial charge in [-0.2, -0.15) is 0 Å². The van der Waals surface area contributed by atoms with Gasteiger partial charge in [0.1, 0.15) is 11.5 Å². The first-order valence-corrected chi connectivity index (χ1v) is 11.3. The molecule has 3 aromatic carbocycles. The molecule has 5 rings (SSSR count). The number of furan rings is 1. The second kappa shape index (κ2) is 9.09. The number of hydrogen-bond acceptors (Lipinski definition) is 4. The fourth-order valence-corrected chi connectivity index (χ4v) is 4.74. The molecule has 0 unspecified atom stereocenters. The van der Waals surface area contributed by atoms with Crippen LogP contribution in [0.15, 0.2) is 77.2 Å². The zero-order valence-corrected chi connectivity index (χ0v) is 18.7. The summed E-state index contributed by atoms with van der Waals surface area (Å²) in [5.74, 6) is 3.11. The van der Waals surface area contributed by atoms with Crippen LogP contribution in [-0.4, -0.2) is 32.2 Å². The topological polar surface area (TPSA) is 34.8 Å². The molecule has 0 spiro atoms. The van der Waals surface area contributed by atoms with Crippen LogP contribution in [0.4, 0.5) is 0 Å². The maximum absolute atomic E-state index is 6.27. The molecule has 1 aliphatic heterocycles. The molecule has 0 radical (unpaired) electrons. The van der Waals surface area contributed by atoms with Gasteiger partial charge in [0.2, 0.25) is 0 Å². The molecule has 0 N–H and O–H groups in total. The lowest BCUT2D eigenvalue weighted by molar-refractivity contribution is 0.205. The second-order valence-electron chi connectivity index (χ2n) is 8.47. The Morgan fingerprint density at radius 3 is 2.31 bits per heavy atom. The summed E-state index contributed by atoms with van der Waals surface area (Å²) < 4.78 is 17.1. The summed E-state index contributed by atoms with van der Waals surface area (Å²) in [6.45, 7) is 3.14. The van der Waals surface area contributed by atoms with E-state index in [1.165, 1.54) is 24.0 Å². The predicted octanol–water partition coefficient (Wildman–Crippen LogP) is 6.50. The highest BCUT2D eigenvalue weighted by Gasteiger charge is 2.22. The van der Waals surface area contributed by atoms with E-state index in [-0.39, 0.29) is 0 Å². The first-order chi connectivity index (χ1) is 15.7. The van der Waals surface area contributed by atoms with Gasteiger partial charge in [0.25, 0.3) is 0 Å². The average Bonchev–Trinajstić information content (AvgIpc) is 3.31. The summed E-state index contributed by atoms with van der Waals surface area (Å²) in [6.07, 6.45) is 2.40. The molecule has 1 aromatic heterocycles. The first-order valence-electron chi connectivity index (χ1n) is 11.3. The first kappa shape index (κ1) is 20.7. The standard InChI is InChI=1S/C28H29NO3/c1-30-24-11-8-22(9-12-24)27-18-25-23(10-13-26(31-2)28(25)32-27)19-29-16-14-21(15-17-29)20-6-4-3-5-7-20/h3-13,18,21H,14-17,19H2,1-2H3. The van der Waals surface area contributed by atoms with Gasteiger partial charge in [-0.3, -0.25) is 4.90 Å². The van der Waals surface area contributed by atoms with Crippen LogP contribution in [-0.2, 0) is 6.54 Å². The van der Waals surface area contributed by atoms with E-state index in [0.717, 1.165) is 53.4 Å². The molecular weight excluding hydrogens is 398 g/mol. The van der Waals surface area contributed by atoms with Gasteiger partial charge >= 0.3 is 0 Å². The van der Waals surface area contributed by atoms with Crippen molar-refractivity contribution in [2.45, 2.75) is 25.3 Å². The fourth-order valence-electron chi connectivity index (χ4n) is 4.74. The summed E-state index contributed by atoms with van der Waals surface area (Å²) in [5, 5.41) is 1.13. The van der Waals surface area contributed by atoms with E-state index in [2.05, 4.69) is 47.4 Å². The van der Waals surface area contributed by atoms with E-state index in [0.29, 0.717) is 5.92 Å². The van der Waals surface area contributed by atoms with Crippen LogP contribution in [0.25, 0.3) is 22.3 Å². The van der Waals surface area contributed by atoms with E-state index in [9.17, 15) is 0 Å². The molecule has 1 fully saturated rings. The number of fused-ring (bicyclic) bond motifs is 1. The van der Waals surface area contributed by atoms with Gasteiger partial charge in [0.05, 0.1) is 14.2 Å². The third-order valence-corrected chi connectivity index (χ3v) is 6.58. The minimum absolute atomic E-state index is 0.666. The summed E-state index contributed by atoms with van der Waals surface area (Å²) in [4.78, 5) is 2.56. The highest BCUT2D eigenvalue weighted by molar-refractivity contribution is 5.90. The van der Waals surface area contributed by atoms with Gasteiger partial charge in [-0.25, -0.2) is 0 Å². The smallest absolute Gasteiger partial charge is 0.176 e. The Bertz CT molecular complexity index is 1170. The number of likely N-dealkylation sites (tertiary alicyclic amines) is 1. The largest absolute Gasteiger partial charge is 0.497 e. The third-order valence-electron chi connectivity index (χ3n) is 6.58. The number of piperidine rings is 1. The summed E-state index contributed by atoms with van der Waals surface area (Å²) in [5.41, 5.74) is 4.59. The molecule has 4 aromatic rings. The number of ether oxygens (including phenoxy) is 2. The van der Waals surface area contributed by atoms with Crippen LogP contribution < -0.4 is 9.47 Å². The van der Waals surface area contributed by atoms with E-state index in [1.807, 2.05) is 30.3 Å². The molecule has 0 bridgehead atoms. The molecule has 0 atom stereocenters. The third kappa shape index (κ3) is 4.11. The quantitative estimate of drug-likeness (QED) is 0.352. The molecule has 1 aliphatic rings. The predicted molar refractivity (Wildman–Crippen MR) is 128 cm³/mol. The van der Waals surface area contributed by atoms with Crippen LogP contribution in [0.3, 0.4) is 0 Å². The van der Waals surface area contributed by atoms with Crippen molar-refractivity contribution in [2.24, 2.45) is 0 Å². The normalized spacial score (nSPS) is 15.2. The van der Waals surface area contributed by atoms with Gasteiger partial charge in [-0.15, -0.1) is 0 Å². The maximum Gasteiger partial charge on any atom is 0.176 e. The van der Waals surface area contributed by atoms with Crippen LogP contribution in [0.2, 0.25) is 0 Å². The van der Waals surface area contributed by atoms with Crippen LogP contribution in [0, 0.1) is 0 Å². The van der Waals surface area contributed by atoms with Crippen molar-refractivity contribution in [3.8, 4) is 22.8 Å². The molecule has 1 saturated heterocycles. The van der Waals surface area contributed by atoms with E-state index < -0.39 is 0 Å². The number of rotatable bonds is 6. The minimum atomic E-state index is 0.666. The molecule has 0 amide bonds. The Balaban J connectivity index is 1.37. The van der Waals surface area contributed by atoms with E-state index in [4.69, 9.17) is 13.9 Å². The monoisotopic (exact) mass is 427 g/mol. The summed E-state index contributed by atoms with van der Waals surface area (Å²) in [7, 11) is 3.37. The summed E-state index contributed by atoms with van der Waals surface area (Å²) >= 11 is 0. The molecule has 4 nitrogen and oxygen atoms in total. The van der Waals surface area contributed by atoms with Crippen molar-refractivity contribution in [2.75, 3.05) is 27.3 Å². The van der Waals surface area contributed by atoms with Crippen molar-refractivity contribution in [3.63, 3.8) is 0 Å². The van der Waals surface area contributed by atoms with Gasteiger partial charge in [-0.1, -0.05) is 36.4 Å². The lowest BCUT2D eigenvalue weighted by Crippen LogP contribution is -2.32.